The van der Waals surface area contributed by atoms with E-state index in [0.717, 1.165) is 16.8 Å². The lowest BCUT2D eigenvalue weighted by molar-refractivity contribution is -0.384. The fraction of sp³-hybridized carbons (Fsp3) is 0.136. The molecule has 6 nitrogen and oxygen atoms in total. The predicted molar refractivity (Wildman–Crippen MR) is 115 cm³/mol. The quantitative estimate of drug-likeness (QED) is 0.342. The minimum absolute atomic E-state index is 0.0155. The van der Waals surface area contributed by atoms with Gasteiger partial charge in [0.1, 0.15) is 11.6 Å². The van der Waals surface area contributed by atoms with Crippen LogP contribution in [-0.4, -0.2) is 15.6 Å². The second kappa shape index (κ2) is 7.51. The summed E-state index contributed by atoms with van der Waals surface area (Å²) in [6.07, 6.45) is -0.0998. The normalized spacial score (nSPS) is 19.3. The Morgan fingerprint density at radius 3 is 2.48 bits per heavy atom. The molecule has 0 unspecified atom stereocenters. The summed E-state index contributed by atoms with van der Waals surface area (Å²) in [5.74, 6) is 0.183. The van der Waals surface area contributed by atoms with Crippen LogP contribution in [0, 0.1) is 15.9 Å². The van der Waals surface area contributed by atoms with Crippen molar-refractivity contribution in [3.63, 3.8) is 0 Å². The lowest BCUT2D eigenvalue weighted by atomic mass is 9.96. The maximum atomic E-state index is 13.4. The first-order valence-corrected chi connectivity index (χ1v) is 10.2. The number of nitro groups is 1. The van der Waals surface area contributed by atoms with Crippen LogP contribution in [0.15, 0.2) is 65.8 Å². The van der Waals surface area contributed by atoms with Crippen molar-refractivity contribution in [1.29, 1.82) is 0 Å². The van der Waals surface area contributed by atoms with Crippen molar-refractivity contribution in [2.45, 2.75) is 18.7 Å². The Morgan fingerprint density at radius 1 is 1.10 bits per heavy atom. The van der Waals surface area contributed by atoms with Crippen LogP contribution >= 0.6 is 23.2 Å². The van der Waals surface area contributed by atoms with Crippen LogP contribution in [0.3, 0.4) is 0 Å². The molecule has 0 radical (unpaired) electrons. The number of hydrogen-bond donors (Lipinski definition) is 0. The molecule has 5 rings (SSSR count). The van der Waals surface area contributed by atoms with Gasteiger partial charge >= 0.3 is 0 Å². The zero-order valence-corrected chi connectivity index (χ0v) is 17.3. The molecule has 0 saturated carbocycles. The van der Waals surface area contributed by atoms with Crippen molar-refractivity contribution in [1.82, 2.24) is 5.01 Å². The molecule has 9 heteroatoms. The van der Waals surface area contributed by atoms with Crippen molar-refractivity contribution in [3.05, 3.63) is 103 Å². The summed E-state index contributed by atoms with van der Waals surface area (Å²) in [5, 5.41) is 18.4. The first-order valence-electron chi connectivity index (χ1n) is 9.42. The Morgan fingerprint density at radius 2 is 1.81 bits per heavy atom. The van der Waals surface area contributed by atoms with Gasteiger partial charge in [0.2, 0.25) is 6.23 Å². The van der Waals surface area contributed by atoms with Crippen molar-refractivity contribution < 1.29 is 14.1 Å². The van der Waals surface area contributed by atoms with Gasteiger partial charge in [-0.05, 0) is 42.0 Å². The summed E-state index contributed by atoms with van der Waals surface area (Å²) in [5.41, 5.74) is 3.04. The zero-order valence-electron chi connectivity index (χ0n) is 15.8. The number of fused-ring (bicyclic) bond motifs is 3. The Hall–Kier alpha value is -3.16. The van der Waals surface area contributed by atoms with E-state index < -0.39 is 11.2 Å². The molecule has 0 fully saturated rings. The molecule has 3 aromatic carbocycles. The lowest BCUT2D eigenvalue weighted by Gasteiger charge is -2.38. The summed E-state index contributed by atoms with van der Waals surface area (Å²) >= 11 is 12.7. The number of benzene rings is 3. The van der Waals surface area contributed by atoms with E-state index in [9.17, 15) is 14.5 Å². The molecule has 31 heavy (non-hydrogen) atoms. The van der Waals surface area contributed by atoms with Crippen molar-refractivity contribution in [2.24, 2.45) is 5.10 Å². The smallest absolute Gasteiger partial charge is 0.269 e. The third-order valence-electron chi connectivity index (χ3n) is 5.37. The van der Waals surface area contributed by atoms with E-state index in [0.29, 0.717) is 27.8 Å². The largest absolute Gasteiger partial charge is 0.463 e. The average molecular weight is 458 g/mol. The van der Waals surface area contributed by atoms with Gasteiger partial charge in [-0.3, -0.25) is 10.1 Å². The molecule has 0 N–H and O–H groups in total. The molecule has 0 aromatic heterocycles. The van der Waals surface area contributed by atoms with Crippen LogP contribution in [0.1, 0.15) is 35.4 Å². The highest BCUT2D eigenvalue weighted by Crippen LogP contribution is 2.50. The Balaban J connectivity index is 1.60. The standard InChI is InChI=1S/C22H14Cl2FN3O3/c23-14-9-17-20-11-19(12-1-5-15(25)6-2-12)26-27(20)22(31-21(17)18(24)10-14)13-3-7-16(8-4-13)28(29)30/h1-10,20,22H,11H2/t20-,22+/m1/s1. The summed E-state index contributed by atoms with van der Waals surface area (Å²) < 4.78 is 19.6. The molecule has 0 amide bonds. The maximum absolute atomic E-state index is 13.4. The van der Waals surface area contributed by atoms with Crippen LogP contribution in [0.4, 0.5) is 10.1 Å². The van der Waals surface area contributed by atoms with Crippen LogP contribution < -0.4 is 4.74 Å². The topological polar surface area (TPSA) is 68.0 Å². The number of nitrogens with zero attached hydrogens (tertiary/aromatic N) is 3. The molecular formula is C22H14Cl2FN3O3. The van der Waals surface area contributed by atoms with Crippen LogP contribution in [-0.2, 0) is 0 Å². The monoisotopic (exact) mass is 457 g/mol. The van der Waals surface area contributed by atoms with E-state index in [1.807, 2.05) is 0 Å². The second-order valence-electron chi connectivity index (χ2n) is 7.28. The number of hydrazone groups is 1. The van der Waals surface area contributed by atoms with Gasteiger partial charge in [0, 0.05) is 34.7 Å². The summed E-state index contributed by atoms with van der Waals surface area (Å²) in [6.45, 7) is 0. The summed E-state index contributed by atoms with van der Waals surface area (Å²) in [4.78, 5) is 10.6. The van der Waals surface area contributed by atoms with E-state index in [1.54, 1.807) is 41.4 Å². The number of halogens is 3. The molecule has 0 aliphatic carbocycles. The predicted octanol–water partition coefficient (Wildman–Crippen LogP) is 6.28. The van der Waals surface area contributed by atoms with Gasteiger partial charge in [-0.2, -0.15) is 5.10 Å². The molecule has 2 aliphatic heterocycles. The van der Waals surface area contributed by atoms with E-state index in [2.05, 4.69) is 0 Å². The van der Waals surface area contributed by atoms with Crippen molar-refractivity contribution in [2.75, 3.05) is 0 Å². The average Bonchev–Trinajstić information content (AvgIpc) is 3.19. The maximum Gasteiger partial charge on any atom is 0.269 e. The molecule has 3 aromatic rings. The second-order valence-corrected chi connectivity index (χ2v) is 8.12. The van der Waals surface area contributed by atoms with Gasteiger partial charge in [-0.1, -0.05) is 35.3 Å². The first-order chi connectivity index (χ1) is 14.9. The van der Waals surface area contributed by atoms with E-state index in [-0.39, 0.29) is 17.5 Å². The Kier molecular flexibility index (Phi) is 4.79. The van der Waals surface area contributed by atoms with E-state index in [1.165, 1.54) is 24.3 Å². The molecule has 156 valence electrons. The van der Waals surface area contributed by atoms with Crippen molar-refractivity contribution >= 4 is 34.6 Å². The third kappa shape index (κ3) is 3.49. The molecule has 0 bridgehead atoms. The molecular weight excluding hydrogens is 444 g/mol. The fourth-order valence-electron chi connectivity index (χ4n) is 3.91. The van der Waals surface area contributed by atoms with Gasteiger partial charge in [0.25, 0.3) is 5.69 Å². The van der Waals surface area contributed by atoms with Crippen molar-refractivity contribution in [3.8, 4) is 5.75 Å². The highest BCUT2D eigenvalue weighted by molar-refractivity contribution is 6.35. The molecule has 0 saturated heterocycles. The number of hydrogen-bond acceptors (Lipinski definition) is 5. The Bertz CT molecular complexity index is 1220. The zero-order chi connectivity index (χ0) is 21.7. The summed E-state index contributed by atoms with van der Waals surface area (Å²) in [7, 11) is 0. The molecule has 2 aliphatic rings. The highest BCUT2D eigenvalue weighted by atomic mass is 35.5. The van der Waals surface area contributed by atoms with E-state index in [4.69, 9.17) is 33.0 Å². The lowest BCUT2D eigenvalue weighted by Crippen LogP contribution is -2.33. The van der Waals surface area contributed by atoms with Gasteiger partial charge < -0.3 is 4.74 Å². The van der Waals surface area contributed by atoms with E-state index >= 15 is 0 Å². The number of rotatable bonds is 3. The molecule has 2 atom stereocenters. The minimum atomic E-state index is -0.644. The van der Waals surface area contributed by atoms with Gasteiger partial charge in [-0.15, -0.1) is 0 Å². The number of non-ortho nitro benzene ring substituents is 1. The van der Waals surface area contributed by atoms with Gasteiger partial charge in [-0.25, -0.2) is 9.40 Å². The summed E-state index contributed by atoms with van der Waals surface area (Å²) in [6, 6.07) is 15.5. The fourth-order valence-corrected chi connectivity index (χ4v) is 4.47. The van der Waals surface area contributed by atoms with Crippen LogP contribution in [0.25, 0.3) is 0 Å². The third-order valence-corrected chi connectivity index (χ3v) is 5.87. The van der Waals surface area contributed by atoms with Crippen LogP contribution in [0.2, 0.25) is 10.0 Å². The number of nitro benzene ring substituents is 1. The van der Waals surface area contributed by atoms with Gasteiger partial charge in [0.05, 0.1) is 21.7 Å². The highest BCUT2D eigenvalue weighted by Gasteiger charge is 2.42. The van der Waals surface area contributed by atoms with Crippen LogP contribution in [0.5, 0.6) is 5.75 Å². The van der Waals surface area contributed by atoms with Gasteiger partial charge in [0.15, 0.2) is 0 Å². The Labute approximate surface area is 186 Å². The molecule has 2 heterocycles. The molecule has 0 spiro atoms. The first kappa shape index (κ1) is 19.8. The minimum Gasteiger partial charge on any atom is -0.463 e. The number of ether oxygens (including phenoxy) is 1. The SMILES string of the molecule is O=[N+]([O-])c1ccc([C@@H]2Oc3c(Cl)cc(Cl)cc3[C@H]3CC(c4ccc(F)cc4)=NN32)cc1.